The molecule has 1 aromatic rings. The largest absolute Gasteiger partial charge is 0.478 e. The van der Waals surface area contributed by atoms with Gasteiger partial charge < -0.3 is 10.8 Å². The van der Waals surface area contributed by atoms with E-state index in [0.717, 1.165) is 0 Å². The minimum absolute atomic E-state index is 0. The number of carboxylic acids is 1. The lowest BCUT2D eigenvalue weighted by molar-refractivity contribution is 0.0696. The van der Waals surface area contributed by atoms with Gasteiger partial charge >= 0.3 is 5.97 Å². The maximum absolute atomic E-state index is 10.5. The first-order valence-corrected chi connectivity index (χ1v) is 3.69. The predicted octanol–water partition coefficient (Wildman–Crippen LogP) is 2.15. The first-order chi connectivity index (χ1) is 5.11. The third-order valence-corrected chi connectivity index (χ3v) is 1.88. The van der Waals surface area contributed by atoms with E-state index in [4.69, 9.17) is 10.8 Å². The molecule has 0 heterocycles. The first kappa shape index (κ1) is 11.3. The van der Waals surface area contributed by atoms with Crippen LogP contribution in [0.15, 0.2) is 22.7 Å². The van der Waals surface area contributed by atoms with Gasteiger partial charge in [-0.25, -0.2) is 4.79 Å². The third kappa shape index (κ3) is 2.39. The Morgan fingerprint density at radius 3 is 2.50 bits per heavy atom. The topological polar surface area (TPSA) is 63.3 Å². The molecular formula is C7H7BrClNO2. The van der Waals surface area contributed by atoms with E-state index in [-0.39, 0.29) is 18.0 Å². The van der Waals surface area contributed by atoms with Gasteiger partial charge in [0, 0.05) is 10.2 Å². The molecule has 1 aromatic carbocycles. The summed E-state index contributed by atoms with van der Waals surface area (Å²) in [5.41, 5.74) is 6.17. The SMILES string of the molecule is Cl.Nc1ccc(C(=O)O)c(Br)c1. The molecular weight excluding hydrogens is 245 g/mol. The van der Waals surface area contributed by atoms with Gasteiger partial charge in [0.15, 0.2) is 0 Å². The van der Waals surface area contributed by atoms with Crippen molar-refractivity contribution >= 4 is 40.0 Å². The fourth-order valence-corrected chi connectivity index (χ4v) is 1.27. The lowest BCUT2D eigenvalue weighted by Gasteiger charge is -1.98. The Bertz CT molecular complexity index is 303. The number of carbonyl (C=O) groups is 1. The van der Waals surface area contributed by atoms with Crippen LogP contribution in [0.3, 0.4) is 0 Å². The van der Waals surface area contributed by atoms with Crippen LogP contribution in [0.2, 0.25) is 0 Å². The number of aromatic carboxylic acids is 1. The van der Waals surface area contributed by atoms with Crippen LogP contribution in [0.5, 0.6) is 0 Å². The number of carboxylic acid groups (broad SMARTS) is 1. The summed E-state index contributed by atoms with van der Waals surface area (Å²) in [4.78, 5) is 10.5. The van der Waals surface area contributed by atoms with Gasteiger partial charge in [0.25, 0.3) is 0 Å². The Kier molecular flexibility index (Phi) is 4.06. The fourth-order valence-electron chi connectivity index (χ4n) is 0.705. The molecule has 0 saturated heterocycles. The number of hydrogen-bond acceptors (Lipinski definition) is 2. The molecule has 0 atom stereocenters. The Morgan fingerprint density at radius 1 is 1.50 bits per heavy atom. The zero-order chi connectivity index (χ0) is 8.43. The molecule has 12 heavy (non-hydrogen) atoms. The number of anilines is 1. The fraction of sp³-hybridized carbons (Fsp3) is 0. The van der Waals surface area contributed by atoms with Crippen LogP contribution in [-0.4, -0.2) is 11.1 Å². The zero-order valence-electron chi connectivity index (χ0n) is 5.95. The van der Waals surface area contributed by atoms with Gasteiger partial charge in [-0.05, 0) is 34.1 Å². The summed E-state index contributed by atoms with van der Waals surface area (Å²) in [7, 11) is 0. The highest BCUT2D eigenvalue weighted by molar-refractivity contribution is 9.10. The van der Waals surface area contributed by atoms with Crippen LogP contribution in [0.4, 0.5) is 5.69 Å². The van der Waals surface area contributed by atoms with Crippen molar-refractivity contribution in [1.29, 1.82) is 0 Å². The van der Waals surface area contributed by atoms with E-state index in [2.05, 4.69) is 15.9 Å². The van der Waals surface area contributed by atoms with Crippen molar-refractivity contribution in [2.75, 3.05) is 5.73 Å². The van der Waals surface area contributed by atoms with Gasteiger partial charge in [-0.1, -0.05) is 0 Å². The maximum atomic E-state index is 10.5. The van der Waals surface area contributed by atoms with Gasteiger partial charge in [-0.3, -0.25) is 0 Å². The molecule has 3 nitrogen and oxygen atoms in total. The number of nitrogen functional groups attached to an aromatic ring is 1. The molecule has 0 amide bonds. The van der Waals surface area contributed by atoms with Crippen molar-refractivity contribution in [3.05, 3.63) is 28.2 Å². The van der Waals surface area contributed by atoms with Gasteiger partial charge in [-0.15, -0.1) is 12.4 Å². The number of hydrogen-bond donors (Lipinski definition) is 2. The van der Waals surface area contributed by atoms with Crippen molar-refractivity contribution < 1.29 is 9.90 Å². The highest BCUT2D eigenvalue weighted by Gasteiger charge is 2.06. The quantitative estimate of drug-likeness (QED) is 0.753. The molecule has 5 heteroatoms. The number of benzene rings is 1. The molecule has 1 rings (SSSR count). The Balaban J connectivity index is 0.00000121. The molecule has 0 saturated carbocycles. The lowest BCUT2D eigenvalue weighted by atomic mass is 10.2. The van der Waals surface area contributed by atoms with E-state index in [1.54, 1.807) is 12.1 Å². The van der Waals surface area contributed by atoms with Gasteiger partial charge in [0.05, 0.1) is 5.56 Å². The summed E-state index contributed by atoms with van der Waals surface area (Å²) in [6.45, 7) is 0. The molecule has 0 unspecified atom stereocenters. The van der Waals surface area contributed by atoms with E-state index >= 15 is 0 Å². The van der Waals surface area contributed by atoms with Gasteiger partial charge in [-0.2, -0.15) is 0 Å². The Labute approximate surface area is 84.1 Å². The minimum atomic E-state index is -0.961. The molecule has 66 valence electrons. The molecule has 3 N–H and O–H groups in total. The van der Waals surface area contributed by atoms with Crippen LogP contribution in [0, 0.1) is 0 Å². The second-order valence-electron chi connectivity index (χ2n) is 2.04. The maximum Gasteiger partial charge on any atom is 0.336 e. The summed E-state index contributed by atoms with van der Waals surface area (Å²) < 4.78 is 0.505. The second kappa shape index (κ2) is 4.33. The standard InChI is InChI=1S/C7H6BrNO2.ClH/c8-6-3-4(9)1-2-5(6)7(10)11;/h1-3H,9H2,(H,10,11);1H. The lowest BCUT2D eigenvalue weighted by Crippen LogP contribution is -1.97. The van der Waals surface area contributed by atoms with Crippen LogP contribution in [0.25, 0.3) is 0 Å². The minimum Gasteiger partial charge on any atom is -0.478 e. The Hall–Kier alpha value is -0.740. The molecule has 0 aromatic heterocycles. The van der Waals surface area contributed by atoms with Crippen molar-refractivity contribution in [2.24, 2.45) is 0 Å². The second-order valence-corrected chi connectivity index (χ2v) is 2.90. The molecule has 0 bridgehead atoms. The van der Waals surface area contributed by atoms with E-state index in [1.807, 2.05) is 0 Å². The normalized spacial score (nSPS) is 8.75. The van der Waals surface area contributed by atoms with Gasteiger partial charge in [0.2, 0.25) is 0 Å². The molecule has 0 fully saturated rings. The number of nitrogens with two attached hydrogens (primary N) is 1. The van der Waals surface area contributed by atoms with Crippen LogP contribution in [0.1, 0.15) is 10.4 Å². The molecule has 0 spiro atoms. The van der Waals surface area contributed by atoms with Gasteiger partial charge in [0.1, 0.15) is 0 Å². The third-order valence-electron chi connectivity index (χ3n) is 1.22. The van der Waals surface area contributed by atoms with E-state index < -0.39 is 5.97 Å². The summed E-state index contributed by atoms with van der Waals surface area (Å²) in [5, 5.41) is 8.59. The summed E-state index contributed by atoms with van der Waals surface area (Å²) in [6.07, 6.45) is 0. The van der Waals surface area contributed by atoms with Crippen LogP contribution < -0.4 is 5.73 Å². The first-order valence-electron chi connectivity index (χ1n) is 2.89. The van der Waals surface area contributed by atoms with Crippen molar-refractivity contribution in [3.63, 3.8) is 0 Å². The molecule has 0 aliphatic carbocycles. The predicted molar refractivity (Wildman–Crippen MR) is 52.8 cm³/mol. The molecule has 0 aliphatic heterocycles. The van der Waals surface area contributed by atoms with Crippen molar-refractivity contribution in [3.8, 4) is 0 Å². The highest BCUT2D eigenvalue weighted by Crippen LogP contribution is 2.19. The molecule has 0 aliphatic rings. The number of halogens is 2. The summed E-state index contributed by atoms with van der Waals surface area (Å²) in [6, 6.07) is 4.57. The average Bonchev–Trinajstić information content (AvgIpc) is 1.85. The summed E-state index contributed by atoms with van der Waals surface area (Å²) in [5.74, 6) is -0.961. The van der Waals surface area contributed by atoms with Crippen LogP contribution in [-0.2, 0) is 0 Å². The van der Waals surface area contributed by atoms with Crippen molar-refractivity contribution in [1.82, 2.24) is 0 Å². The smallest absolute Gasteiger partial charge is 0.336 e. The van der Waals surface area contributed by atoms with Crippen molar-refractivity contribution in [2.45, 2.75) is 0 Å². The monoisotopic (exact) mass is 251 g/mol. The molecule has 0 radical (unpaired) electrons. The van der Waals surface area contributed by atoms with E-state index in [9.17, 15) is 4.79 Å². The van der Waals surface area contributed by atoms with E-state index in [1.165, 1.54) is 6.07 Å². The Morgan fingerprint density at radius 2 is 2.08 bits per heavy atom. The summed E-state index contributed by atoms with van der Waals surface area (Å²) >= 11 is 3.09. The van der Waals surface area contributed by atoms with E-state index in [0.29, 0.717) is 10.2 Å². The zero-order valence-corrected chi connectivity index (χ0v) is 8.35. The van der Waals surface area contributed by atoms with Crippen LogP contribution >= 0.6 is 28.3 Å². The number of rotatable bonds is 1. The highest BCUT2D eigenvalue weighted by atomic mass is 79.9. The average molecular weight is 252 g/mol.